The predicted octanol–water partition coefficient (Wildman–Crippen LogP) is 0.544. The Bertz CT molecular complexity index is 266. The Labute approximate surface area is 73.0 Å². The van der Waals surface area contributed by atoms with Gasteiger partial charge in [0.05, 0.1) is 0 Å². The second-order valence-electron chi connectivity index (χ2n) is 2.52. The van der Waals surface area contributed by atoms with Crippen LogP contribution >= 0.6 is 0 Å². The van der Waals surface area contributed by atoms with Crippen molar-refractivity contribution in [2.75, 3.05) is 0 Å². The highest BCUT2D eigenvalue weighted by Gasteiger charge is 1.94. The number of rotatable bonds is 2. The van der Waals surface area contributed by atoms with Crippen molar-refractivity contribution in [1.29, 1.82) is 0 Å². The molecule has 0 spiro atoms. The van der Waals surface area contributed by atoms with Gasteiger partial charge in [-0.25, -0.2) is 0 Å². The Hall–Kier alpha value is -1.25. The fourth-order valence-electron chi connectivity index (χ4n) is 0.799. The van der Waals surface area contributed by atoms with Gasteiger partial charge < -0.3 is 4.74 Å². The summed E-state index contributed by atoms with van der Waals surface area (Å²) in [7, 11) is 5.47. The van der Waals surface area contributed by atoms with Crippen molar-refractivity contribution in [3.63, 3.8) is 0 Å². The lowest BCUT2D eigenvalue weighted by atomic mass is 9.95. The molecule has 0 aromatic heterocycles. The van der Waals surface area contributed by atoms with Crippen LogP contribution in [-0.2, 0) is 16.1 Å². The molecule has 0 aliphatic carbocycles. The standard InChI is InChI=1S/C9H9BO2/c1-7(11)12-6-8-2-4-9(10)5-3-8/h2-5H,6H2,1H3. The average molecular weight is 160 g/mol. The molecule has 0 amide bonds. The molecule has 0 saturated carbocycles. The van der Waals surface area contributed by atoms with Gasteiger partial charge in [0.15, 0.2) is 0 Å². The van der Waals surface area contributed by atoms with Crippen molar-refractivity contribution in [1.82, 2.24) is 0 Å². The van der Waals surface area contributed by atoms with E-state index in [9.17, 15) is 4.79 Å². The largest absolute Gasteiger partial charge is 0.461 e. The molecule has 0 heterocycles. The Morgan fingerprint density at radius 3 is 2.50 bits per heavy atom. The maximum atomic E-state index is 10.4. The van der Waals surface area contributed by atoms with Crippen molar-refractivity contribution >= 4 is 19.3 Å². The van der Waals surface area contributed by atoms with Gasteiger partial charge in [-0.05, 0) is 5.56 Å². The van der Waals surface area contributed by atoms with Gasteiger partial charge in [-0.15, -0.1) is 0 Å². The zero-order valence-electron chi connectivity index (χ0n) is 6.91. The first-order valence-corrected chi connectivity index (χ1v) is 3.66. The molecule has 0 aliphatic rings. The monoisotopic (exact) mass is 160 g/mol. The van der Waals surface area contributed by atoms with Crippen molar-refractivity contribution in [3.8, 4) is 0 Å². The van der Waals surface area contributed by atoms with E-state index in [2.05, 4.69) is 0 Å². The van der Waals surface area contributed by atoms with Crippen LogP contribution in [-0.4, -0.2) is 13.8 Å². The normalized spacial score (nSPS) is 9.42. The fourth-order valence-corrected chi connectivity index (χ4v) is 0.799. The summed E-state index contributed by atoms with van der Waals surface area (Å²) in [5.74, 6) is -0.271. The van der Waals surface area contributed by atoms with Crippen LogP contribution in [0.5, 0.6) is 0 Å². The lowest BCUT2D eigenvalue weighted by Gasteiger charge is -2.01. The third kappa shape index (κ3) is 2.78. The van der Waals surface area contributed by atoms with Gasteiger partial charge >= 0.3 is 5.97 Å². The highest BCUT2D eigenvalue weighted by Crippen LogP contribution is 1.98. The number of hydrogen-bond donors (Lipinski definition) is 0. The topological polar surface area (TPSA) is 26.3 Å². The Morgan fingerprint density at radius 1 is 1.42 bits per heavy atom. The van der Waals surface area contributed by atoms with E-state index in [1.807, 2.05) is 12.1 Å². The number of hydrogen-bond acceptors (Lipinski definition) is 2. The summed E-state index contributed by atoms with van der Waals surface area (Å²) in [6.07, 6.45) is 0. The second-order valence-corrected chi connectivity index (χ2v) is 2.52. The van der Waals surface area contributed by atoms with Crippen LogP contribution in [0.15, 0.2) is 24.3 Å². The highest BCUT2D eigenvalue weighted by molar-refractivity contribution is 6.32. The summed E-state index contributed by atoms with van der Waals surface area (Å²) in [5, 5.41) is 0. The summed E-state index contributed by atoms with van der Waals surface area (Å²) < 4.78 is 4.79. The molecule has 0 fully saturated rings. The Balaban J connectivity index is 2.53. The summed E-state index contributed by atoms with van der Waals surface area (Å²) in [5.41, 5.74) is 1.65. The Kier molecular flexibility index (Phi) is 2.91. The van der Waals surface area contributed by atoms with E-state index in [0.29, 0.717) is 12.1 Å². The maximum absolute atomic E-state index is 10.4. The first kappa shape index (κ1) is 8.85. The molecule has 1 aromatic rings. The smallest absolute Gasteiger partial charge is 0.302 e. The molecule has 60 valence electrons. The zero-order chi connectivity index (χ0) is 8.97. The van der Waals surface area contributed by atoms with Gasteiger partial charge in [-0.3, -0.25) is 4.79 Å². The summed E-state index contributed by atoms with van der Waals surface area (Å²) >= 11 is 0. The first-order valence-electron chi connectivity index (χ1n) is 3.66. The highest BCUT2D eigenvalue weighted by atomic mass is 16.5. The number of carbonyl (C=O) groups is 1. The van der Waals surface area contributed by atoms with E-state index >= 15 is 0 Å². The molecule has 0 N–H and O–H groups in total. The van der Waals surface area contributed by atoms with E-state index in [0.717, 1.165) is 5.56 Å². The van der Waals surface area contributed by atoms with Gasteiger partial charge in [0.1, 0.15) is 14.5 Å². The molecular formula is C9H9BO2. The molecule has 12 heavy (non-hydrogen) atoms. The van der Waals surface area contributed by atoms with Gasteiger partial charge in [-0.1, -0.05) is 29.7 Å². The third-order valence-electron chi connectivity index (χ3n) is 1.42. The van der Waals surface area contributed by atoms with Gasteiger partial charge in [0.25, 0.3) is 0 Å². The van der Waals surface area contributed by atoms with E-state index in [1.165, 1.54) is 6.92 Å². The number of ether oxygens (including phenoxy) is 1. The lowest BCUT2D eigenvalue weighted by molar-refractivity contribution is -0.142. The van der Waals surface area contributed by atoms with Crippen LogP contribution in [0, 0.1) is 0 Å². The van der Waals surface area contributed by atoms with E-state index < -0.39 is 0 Å². The average Bonchev–Trinajstić information content (AvgIpc) is 2.03. The molecule has 0 unspecified atom stereocenters. The fraction of sp³-hybridized carbons (Fsp3) is 0.222. The van der Waals surface area contributed by atoms with Crippen LogP contribution in [0.2, 0.25) is 0 Å². The molecule has 0 bridgehead atoms. The van der Waals surface area contributed by atoms with Crippen molar-refractivity contribution < 1.29 is 9.53 Å². The SMILES string of the molecule is [B]c1ccc(COC(C)=O)cc1. The third-order valence-corrected chi connectivity index (χ3v) is 1.42. The lowest BCUT2D eigenvalue weighted by Crippen LogP contribution is -2.03. The minimum Gasteiger partial charge on any atom is -0.461 e. The van der Waals surface area contributed by atoms with Crippen molar-refractivity contribution in [3.05, 3.63) is 29.8 Å². The molecule has 2 nitrogen and oxygen atoms in total. The number of carbonyl (C=O) groups excluding carboxylic acids is 1. The molecular weight excluding hydrogens is 151 g/mol. The Morgan fingerprint density at radius 2 is 2.00 bits per heavy atom. The van der Waals surface area contributed by atoms with Gasteiger partial charge in [-0.2, -0.15) is 0 Å². The summed E-state index contributed by atoms with van der Waals surface area (Å²) in [6.45, 7) is 1.70. The molecule has 2 radical (unpaired) electrons. The van der Waals surface area contributed by atoms with Crippen LogP contribution in [0.3, 0.4) is 0 Å². The van der Waals surface area contributed by atoms with E-state index in [1.54, 1.807) is 12.1 Å². The van der Waals surface area contributed by atoms with E-state index in [-0.39, 0.29) is 5.97 Å². The predicted molar refractivity (Wildman–Crippen MR) is 47.3 cm³/mol. The first-order chi connectivity index (χ1) is 5.68. The quantitative estimate of drug-likeness (QED) is 0.466. The second kappa shape index (κ2) is 3.95. The minimum atomic E-state index is -0.271. The molecule has 1 aromatic carbocycles. The molecule has 0 aliphatic heterocycles. The minimum absolute atomic E-state index is 0.271. The molecule has 0 atom stereocenters. The van der Waals surface area contributed by atoms with Crippen LogP contribution in [0.1, 0.15) is 12.5 Å². The van der Waals surface area contributed by atoms with Crippen LogP contribution in [0.25, 0.3) is 0 Å². The van der Waals surface area contributed by atoms with Crippen molar-refractivity contribution in [2.45, 2.75) is 13.5 Å². The van der Waals surface area contributed by atoms with Gasteiger partial charge in [0.2, 0.25) is 0 Å². The van der Waals surface area contributed by atoms with Crippen molar-refractivity contribution in [2.24, 2.45) is 0 Å². The van der Waals surface area contributed by atoms with E-state index in [4.69, 9.17) is 12.6 Å². The molecule has 3 heteroatoms. The molecule has 1 rings (SSSR count). The van der Waals surface area contributed by atoms with Gasteiger partial charge in [0, 0.05) is 6.92 Å². The summed E-state index contributed by atoms with van der Waals surface area (Å²) in [4.78, 5) is 10.4. The number of benzene rings is 1. The van der Waals surface area contributed by atoms with Crippen LogP contribution in [0.4, 0.5) is 0 Å². The number of esters is 1. The summed E-state index contributed by atoms with van der Waals surface area (Å²) in [6, 6.07) is 7.22. The maximum Gasteiger partial charge on any atom is 0.302 e. The zero-order valence-corrected chi connectivity index (χ0v) is 6.91. The molecule has 0 saturated heterocycles. The van der Waals surface area contributed by atoms with Crippen LogP contribution < -0.4 is 5.46 Å².